The first-order valence-corrected chi connectivity index (χ1v) is 6.14. The van der Waals surface area contributed by atoms with Crippen LogP contribution in [0.1, 0.15) is 31.9 Å². The van der Waals surface area contributed by atoms with Crippen LogP contribution in [-0.4, -0.2) is 15.2 Å². The fraction of sp³-hybridized carbons (Fsp3) is 0.417. The summed E-state index contributed by atoms with van der Waals surface area (Å²) in [5.74, 6) is -0.273. The first-order chi connectivity index (χ1) is 7.32. The van der Waals surface area contributed by atoms with Gasteiger partial charge in [0.25, 0.3) is 0 Å². The molecule has 0 radical (unpaired) electrons. The van der Waals surface area contributed by atoms with Crippen LogP contribution in [0.3, 0.4) is 0 Å². The average Bonchev–Trinajstić information content (AvgIpc) is 2.18. The van der Waals surface area contributed by atoms with E-state index in [1.807, 2.05) is 20.8 Å². The van der Waals surface area contributed by atoms with Gasteiger partial charge in [-0.1, -0.05) is 12.1 Å². The van der Waals surface area contributed by atoms with Gasteiger partial charge in [0.2, 0.25) is 0 Å². The lowest BCUT2D eigenvalue weighted by molar-refractivity contribution is 0.618. The van der Waals surface area contributed by atoms with E-state index in [0.29, 0.717) is 11.1 Å². The Hall–Kier alpha value is -1.03. The molecule has 1 aromatic rings. The van der Waals surface area contributed by atoms with Crippen molar-refractivity contribution in [3.63, 3.8) is 0 Å². The van der Waals surface area contributed by atoms with E-state index in [2.05, 4.69) is 4.40 Å². The van der Waals surface area contributed by atoms with Gasteiger partial charge in [-0.25, -0.2) is 8.60 Å². The van der Waals surface area contributed by atoms with Crippen LogP contribution in [0.5, 0.6) is 0 Å². The first kappa shape index (κ1) is 13.0. The number of hydrogen-bond donors (Lipinski definition) is 0. The van der Waals surface area contributed by atoms with Crippen LogP contribution in [0.25, 0.3) is 0 Å². The van der Waals surface area contributed by atoms with Gasteiger partial charge in [0.1, 0.15) is 16.8 Å². The van der Waals surface area contributed by atoms with Crippen LogP contribution in [0.2, 0.25) is 0 Å². The highest BCUT2D eigenvalue weighted by molar-refractivity contribution is 7.85. The first-order valence-electron chi connectivity index (χ1n) is 5.03. The molecule has 0 spiro atoms. The maximum Gasteiger partial charge on any atom is 0.144 e. The molecule has 0 bridgehead atoms. The van der Waals surface area contributed by atoms with Crippen LogP contribution in [0.15, 0.2) is 22.6 Å². The van der Waals surface area contributed by atoms with Gasteiger partial charge >= 0.3 is 0 Å². The molecule has 0 saturated carbocycles. The van der Waals surface area contributed by atoms with Gasteiger partial charge in [0.05, 0.1) is 4.75 Å². The van der Waals surface area contributed by atoms with Crippen molar-refractivity contribution in [3.8, 4) is 0 Å². The number of halogens is 1. The SMILES string of the molecule is Cc1c(F)cccc1C=NS(=O)C(C)(C)C. The highest BCUT2D eigenvalue weighted by Gasteiger charge is 2.18. The Morgan fingerprint density at radius 2 is 2.00 bits per heavy atom. The minimum atomic E-state index is -1.31. The van der Waals surface area contributed by atoms with Crippen molar-refractivity contribution in [2.45, 2.75) is 32.4 Å². The zero-order valence-electron chi connectivity index (χ0n) is 9.95. The van der Waals surface area contributed by atoms with E-state index in [1.54, 1.807) is 19.1 Å². The summed E-state index contributed by atoms with van der Waals surface area (Å²) in [4.78, 5) is 0. The predicted molar refractivity (Wildman–Crippen MR) is 66.6 cm³/mol. The van der Waals surface area contributed by atoms with Crippen molar-refractivity contribution < 1.29 is 8.60 Å². The summed E-state index contributed by atoms with van der Waals surface area (Å²) in [6.07, 6.45) is 1.47. The van der Waals surface area contributed by atoms with E-state index < -0.39 is 15.7 Å². The van der Waals surface area contributed by atoms with E-state index in [-0.39, 0.29) is 5.82 Å². The zero-order chi connectivity index (χ0) is 12.3. The molecule has 0 amide bonds. The summed E-state index contributed by atoms with van der Waals surface area (Å²) in [7, 11) is -1.31. The number of nitrogens with zero attached hydrogens (tertiary/aromatic N) is 1. The largest absolute Gasteiger partial charge is 0.234 e. The normalized spacial score (nSPS) is 14.3. The molecule has 1 unspecified atom stereocenters. The number of benzene rings is 1. The molecule has 0 fully saturated rings. The molecule has 0 aromatic heterocycles. The van der Waals surface area contributed by atoms with Gasteiger partial charge in [0, 0.05) is 6.21 Å². The fourth-order valence-electron chi connectivity index (χ4n) is 1.03. The van der Waals surface area contributed by atoms with Gasteiger partial charge in [-0.3, -0.25) is 0 Å². The lowest BCUT2D eigenvalue weighted by Crippen LogP contribution is -2.19. The third kappa shape index (κ3) is 3.23. The van der Waals surface area contributed by atoms with Crippen molar-refractivity contribution in [2.75, 3.05) is 0 Å². The zero-order valence-corrected chi connectivity index (χ0v) is 10.8. The Morgan fingerprint density at radius 3 is 2.56 bits per heavy atom. The lowest BCUT2D eigenvalue weighted by Gasteiger charge is -2.12. The summed E-state index contributed by atoms with van der Waals surface area (Å²) in [6, 6.07) is 4.76. The average molecular weight is 241 g/mol. The summed E-state index contributed by atoms with van der Waals surface area (Å²) in [5, 5.41) is 0. The van der Waals surface area contributed by atoms with Crippen molar-refractivity contribution in [1.29, 1.82) is 0 Å². The van der Waals surface area contributed by atoms with Gasteiger partial charge in [0.15, 0.2) is 0 Å². The Bertz CT molecular complexity index is 435. The van der Waals surface area contributed by atoms with Gasteiger partial charge in [-0.2, -0.15) is 4.40 Å². The van der Waals surface area contributed by atoms with Crippen molar-refractivity contribution in [1.82, 2.24) is 0 Å². The van der Waals surface area contributed by atoms with Crippen molar-refractivity contribution >= 4 is 17.2 Å². The lowest BCUT2D eigenvalue weighted by atomic mass is 10.1. The molecule has 0 aliphatic rings. The fourth-order valence-corrected chi connectivity index (χ4v) is 1.55. The topological polar surface area (TPSA) is 29.4 Å². The second kappa shape index (κ2) is 4.87. The molecule has 88 valence electrons. The molecule has 1 atom stereocenters. The quantitative estimate of drug-likeness (QED) is 0.732. The van der Waals surface area contributed by atoms with E-state index in [4.69, 9.17) is 0 Å². The number of hydrogen-bond acceptors (Lipinski definition) is 1. The Kier molecular flexibility index (Phi) is 3.97. The summed E-state index contributed by atoms with van der Waals surface area (Å²) >= 11 is 0. The Balaban J connectivity index is 2.94. The van der Waals surface area contributed by atoms with E-state index in [9.17, 15) is 8.60 Å². The predicted octanol–water partition coefficient (Wildman–Crippen LogP) is 3.02. The molecule has 0 saturated heterocycles. The molecular formula is C12H16FNOS. The molecule has 1 rings (SSSR count). The van der Waals surface area contributed by atoms with Crippen LogP contribution in [0, 0.1) is 12.7 Å². The standard InChI is InChI=1S/C12H16FNOS/c1-9-10(6-5-7-11(9)13)8-14-16(15)12(2,3)4/h5-8H,1-4H3. The molecule has 2 nitrogen and oxygen atoms in total. The summed E-state index contributed by atoms with van der Waals surface area (Å²) in [6.45, 7) is 7.22. The monoisotopic (exact) mass is 241 g/mol. The molecule has 16 heavy (non-hydrogen) atoms. The summed E-state index contributed by atoms with van der Waals surface area (Å²) < 4.78 is 28.4. The highest BCUT2D eigenvalue weighted by Crippen LogP contribution is 2.14. The summed E-state index contributed by atoms with van der Waals surface area (Å²) in [5.41, 5.74) is 1.19. The van der Waals surface area contributed by atoms with Gasteiger partial charge in [-0.05, 0) is 44.9 Å². The van der Waals surface area contributed by atoms with E-state index >= 15 is 0 Å². The van der Waals surface area contributed by atoms with E-state index in [1.165, 1.54) is 12.3 Å². The third-order valence-electron chi connectivity index (χ3n) is 2.12. The second-order valence-electron chi connectivity index (χ2n) is 4.55. The minimum absolute atomic E-state index is 0.273. The van der Waals surface area contributed by atoms with Crippen molar-refractivity contribution in [2.24, 2.45) is 4.40 Å². The Labute approximate surface area is 98.2 Å². The van der Waals surface area contributed by atoms with Crippen molar-refractivity contribution in [3.05, 3.63) is 35.1 Å². The molecule has 0 heterocycles. The van der Waals surface area contributed by atoms with Crippen LogP contribution in [0.4, 0.5) is 4.39 Å². The van der Waals surface area contributed by atoms with Gasteiger partial charge in [-0.15, -0.1) is 0 Å². The van der Waals surface area contributed by atoms with Gasteiger partial charge < -0.3 is 0 Å². The maximum absolute atomic E-state index is 13.2. The number of rotatable bonds is 2. The van der Waals surface area contributed by atoms with E-state index in [0.717, 1.165) is 0 Å². The molecule has 4 heteroatoms. The maximum atomic E-state index is 13.2. The molecule has 0 aliphatic carbocycles. The minimum Gasteiger partial charge on any atom is -0.234 e. The highest BCUT2D eigenvalue weighted by atomic mass is 32.2. The molecular weight excluding hydrogens is 225 g/mol. The van der Waals surface area contributed by atoms with Crippen LogP contribution < -0.4 is 0 Å². The Morgan fingerprint density at radius 1 is 1.38 bits per heavy atom. The third-order valence-corrected chi connectivity index (χ3v) is 3.47. The molecule has 1 aromatic carbocycles. The molecule has 0 aliphatic heterocycles. The van der Waals surface area contributed by atoms with Crippen LogP contribution in [-0.2, 0) is 11.0 Å². The molecule has 0 N–H and O–H groups in total. The van der Waals surface area contributed by atoms with Crippen LogP contribution >= 0.6 is 0 Å². The second-order valence-corrected chi connectivity index (χ2v) is 6.48. The smallest absolute Gasteiger partial charge is 0.144 e.